The van der Waals surface area contributed by atoms with E-state index < -0.39 is 6.09 Å². The molecule has 19 heavy (non-hydrogen) atoms. The average molecular weight is 269 g/mol. The van der Waals surface area contributed by atoms with Gasteiger partial charge in [-0.2, -0.15) is 5.26 Å². The number of nitrogens with zero attached hydrogens (tertiary/aromatic N) is 2. The van der Waals surface area contributed by atoms with E-state index >= 15 is 0 Å². The second-order valence-corrected chi connectivity index (χ2v) is 4.37. The van der Waals surface area contributed by atoms with Crippen molar-refractivity contribution in [2.75, 3.05) is 33.4 Å². The maximum Gasteiger partial charge on any atom is 0.407 e. The fraction of sp³-hybridized carbons (Fsp3) is 0.750. The molecule has 0 aromatic carbocycles. The van der Waals surface area contributed by atoms with E-state index in [1.165, 1.54) is 7.11 Å². The zero-order valence-electron chi connectivity index (χ0n) is 11.2. The molecule has 0 aromatic rings. The standard InChI is InChI=1S/C12H19N3O4/c1-3-19-12(17)14-10-6-9(11(16)18-2)7-15(8-10)5-4-13/h9-10H,3,5-8H2,1-2H3,(H,14,17). The van der Waals surface area contributed by atoms with E-state index in [-0.39, 0.29) is 24.5 Å². The van der Waals surface area contributed by atoms with Gasteiger partial charge in [-0.25, -0.2) is 4.79 Å². The van der Waals surface area contributed by atoms with Gasteiger partial charge in [-0.3, -0.25) is 9.69 Å². The number of hydrogen-bond acceptors (Lipinski definition) is 6. The molecule has 106 valence electrons. The number of likely N-dealkylation sites (tertiary alicyclic amines) is 1. The SMILES string of the molecule is CCOC(=O)NC1CC(C(=O)OC)CN(CC#N)C1. The lowest BCUT2D eigenvalue weighted by Gasteiger charge is -2.35. The van der Waals surface area contributed by atoms with Crippen molar-refractivity contribution in [1.29, 1.82) is 5.26 Å². The van der Waals surface area contributed by atoms with Crippen LogP contribution in [0.5, 0.6) is 0 Å². The van der Waals surface area contributed by atoms with Crippen LogP contribution in [0.1, 0.15) is 13.3 Å². The Balaban J connectivity index is 2.62. The Bertz CT molecular complexity index is 366. The smallest absolute Gasteiger partial charge is 0.407 e. The Kier molecular flexibility index (Phi) is 6.09. The van der Waals surface area contributed by atoms with Gasteiger partial charge in [-0.1, -0.05) is 0 Å². The van der Waals surface area contributed by atoms with Crippen molar-refractivity contribution in [3.8, 4) is 6.07 Å². The number of carbonyl (C=O) groups is 2. The van der Waals surface area contributed by atoms with Gasteiger partial charge in [0, 0.05) is 19.1 Å². The number of nitrogens with one attached hydrogen (secondary N) is 1. The van der Waals surface area contributed by atoms with Crippen molar-refractivity contribution >= 4 is 12.1 Å². The molecule has 1 heterocycles. The molecule has 0 radical (unpaired) electrons. The summed E-state index contributed by atoms with van der Waals surface area (Å²) in [6.45, 7) is 3.23. The molecular formula is C12H19N3O4. The number of alkyl carbamates (subject to hydrolysis) is 1. The van der Waals surface area contributed by atoms with Gasteiger partial charge in [0.25, 0.3) is 0 Å². The number of esters is 1. The van der Waals surface area contributed by atoms with Crippen LogP contribution < -0.4 is 5.32 Å². The second kappa shape index (κ2) is 7.59. The predicted octanol–water partition coefficient (Wildman–Crippen LogP) is 0.120. The lowest BCUT2D eigenvalue weighted by atomic mass is 9.94. The van der Waals surface area contributed by atoms with Gasteiger partial charge in [0.2, 0.25) is 0 Å². The largest absolute Gasteiger partial charge is 0.469 e. The first kappa shape index (κ1) is 15.2. The highest BCUT2D eigenvalue weighted by atomic mass is 16.5. The van der Waals surface area contributed by atoms with Crippen molar-refractivity contribution in [3.63, 3.8) is 0 Å². The minimum Gasteiger partial charge on any atom is -0.469 e. The van der Waals surface area contributed by atoms with Crippen LogP contribution >= 0.6 is 0 Å². The third-order valence-electron chi connectivity index (χ3n) is 2.95. The van der Waals surface area contributed by atoms with E-state index in [1.54, 1.807) is 6.92 Å². The van der Waals surface area contributed by atoms with Gasteiger partial charge < -0.3 is 14.8 Å². The molecule has 2 unspecified atom stereocenters. The van der Waals surface area contributed by atoms with Crippen LogP contribution in [0.15, 0.2) is 0 Å². The summed E-state index contributed by atoms with van der Waals surface area (Å²) in [5.74, 6) is -0.655. The zero-order valence-corrected chi connectivity index (χ0v) is 11.2. The first-order valence-corrected chi connectivity index (χ1v) is 6.21. The number of amides is 1. The van der Waals surface area contributed by atoms with Crippen molar-refractivity contribution in [2.45, 2.75) is 19.4 Å². The Morgan fingerprint density at radius 1 is 1.47 bits per heavy atom. The summed E-state index contributed by atoms with van der Waals surface area (Å²) in [6.07, 6.45) is -0.0112. The van der Waals surface area contributed by atoms with Gasteiger partial charge in [0.1, 0.15) is 0 Å². The number of nitriles is 1. The van der Waals surface area contributed by atoms with E-state index in [4.69, 9.17) is 14.7 Å². The Hall–Kier alpha value is -1.81. The van der Waals surface area contributed by atoms with Crippen molar-refractivity contribution < 1.29 is 19.1 Å². The number of hydrogen-bond donors (Lipinski definition) is 1. The van der Waals surface area contributed by atoms with E-state index in [2.05, 4.69) is 5.32 Å². The first-order chi connectivity index (χ1) is 9.10. The van der Waals surface area contributed by atoms with Crippen LogP contribution in [-0.4, -0.2) is 56.4 Å². The van der Waals surface area contributed by atoms with Gasteiger partial charge in [-0.15, -0.1) is 0 Å². The summed E-state index contributed by atoms with van der Waals surface area (Å²) in [4.78, 5) is 24.8. The number of rotatable bonds is 4. The van der Waals surface area contributed by atoms with E-state index in [0.717, 1.165) is 0 Å². The highest BCUT2D eigenvalue weighted by Crippen LogP contribution is 2.18. The van der Waals surface area contributed by atoms with Crippen LogP contribution in [0.4, 0.5) is 4.79 Å². The Morgan fingerprint density at radius 2 is 2.21 bits per heavy atom. The van der Waals surface area contributed by atoms with Crippen LogP contribution in [0.3, 0.4) is 0 Å². The van der Waals surface area contributed by atoms with Gasteiger partial charge >= 0.3 is 12.1 Å². The first-order valence-electron chi connectivity index (χ1n) is 6.21. The topological polar surface area (TPSA) is 91.7 Å². The molecule has 1 rings (SSSR count). The molecule has 1 N–H and O–H groups in total. The normalized spacial score (nSPS) is 23.2. The van der Waals surface area contributed by atoms with Crippen LogP contribution in [0.2, 0.25) is 0 Å². The maximum absolute atomic E-state index is 11.6. The molecule has 0 aliphatic carbocycles. The fourth-order valence-corrected chi connectivity index (χ4v) is 2.20. The molecule has 7 heteroatoms. The molecule has 0 saturated carbocycles. The van der Waals surface area contributed by atoms with Gasteiger partial charge in [-0.05, 0) is 13.3 Å². The number of carbonyl (C=O) groups excluding carboxylic acids is 2. The lowest BCUT2D eigenvalue weighted by molar-refractivity contribution is -0.147. The molecule has 0 spiro atoms. The summed E-state index contributed by atoms with van der Waals surface area (Å²) < 4.78 is 9.54. The maximum atomic E-state index is 11.6. The average Bonchev–Trinajstić information content (AvgIpc) is 2.38. The summed E-state index contributed by atoms with van der Waals surface area (Å²) in [5, 5.41) is 11.4. The van der Waals surface area contributed by atoms with Crippen LogP contribution in [-0.2, 0) is 14.3 Å². The van der Waals surface area contributed by atoms with Crippen molar-refractivity contribution in [3.05, 3.63) is 0 Å². The molecular weight excluding hydrogens is 250 g/mol. The quantitative estimate of drug-likeness (QED) is 0.575. The summed E-state index contributed by atoms with van der Waals surface area (Å²) in [6, 6.07) is 1.83. The Labute approximate surface area is 112 Å². The molecule has 1 saturated heterocycles. The van der Waals surface area contributed by atoms with Crippen LogP contribution in [0, 0.1) is 17.2 Å². The zero-order chi connectivity index (χ0) is 14.3. The summed E-state index contributed by atoms with van der Waals surface area (Å²) in [5.41, 5.74) is 0. The van der Waals surface area contributed by atoms with E-state index in [9.17, 15) is 9.59 Å². The summed E-state index contributed by atoms with van der Waals surface area (Å²) >= 11 is 0. The van der Waals surface area contributed by atoms with Crippen molar-refractivity contribution in [2.24, 2.45) is 5.92 Å². The highest BCUT2D eigenvalue weighted by molar-refractivity contribution is 5.73. The molecule has 1 fully saturated rings. The molecule has 7 nitrogen and oxygen atoms in total. The van der Waals surface area contributed by atoms with Crippen LogP contribution in [0.25, 0.3) is 0 Å². The molecule has 0 aromatic heterocycles. The monoisotopic (exact) mass is 269 g/mol. The van der Waals surface area contributed by atoms with Crippen molar-refractivity contribution in [1.82, 2.24) is 10.2 Å². The molecule has 1 aliphatic rings. The number of piperidine rings is 1. The molecule has 1 aliphatic heterocycles. The van der Waals surface area contributed by atoms with E-state index in [1.807, 2.05) is 11.0 Å². The molecule has 0 bridgehead atoms. The fourth-order valence-electron chi connectivity index (χ4n) is 2.20. The number of methoxy groups -OCH3 is 1. The highest BCUT2D eigenvalue weighted by Gasteiger charge is 2.33. The number of ether oxygens (including phenoxy) is 2. The van der Waals surface area contributed by atoms with E-state index in [0.29, 0.717) is 26.1 Å². The third-order valence-corrected chi connectivity index (χ3v) is 2.95. The van der Waals surface area contributed by atoms with Gasteiger partial charge in [0.15, 0.2) is 0 Å². The molecule has 2 atom stereocenters. The predicted molar refractivity (Wildman–Crippen MR) is 66.1 cm³/mol. The lowest BCUT2D eigenvalue weighted by Crippen LogP contribution is -2.52. The second-order valence-electron chi connectivity index (χ2n) is 4.37. The summed E-state index contributed by atoms with van der Waals surface area (Å²) in [7, 11) is 1.33. The van der Waals surface area contributed by atoms with Gasteiger partial charge in [0.05, 0.1) is 32.2 Å². The Morgan fingerprint density at radius 3 is 2.79 bits per heavy atom. The molecule has 1 amide bonds. The third kappa shape index (κ3) is 4.75. The minimum absolute atomic E-state index is 0.217. The minimum atomic E-state index is -0.505.